The second kappa shape index (κ2) is 8.49. The van der Waals surface area contributed by atoms with Crippen molar-refractivity contribution in [1.29, 1.82) is 0 Å². The minimum Gasteiger partial charge on any atom is -0.368 e. The molecule has 0 bridgehead atoms. The zero-order chi connectivity index (χ0) is 15.0. The number of likely N-dealkylation sites (N-methyl/N-ethyl adjacent to an activating group) is 1. The second-order valence-corrected chi connectivity index (χ2v) is 6.40. The Kier molecular flexibility index (Phi) is 7.34. The molecule has 0 aliphatic rings. The first-order valence-electron chi connectivity index (χ1n) is 6.77. The average Bonchev–Trinajstić information content (AvgIpc) is 2.40. The summed E-state index contributed by atoms with van der Waals surface area (Å²) in [6.07, 6.45) is 4.38. The monoisotopic (exact) mass is 315 g/mol. The number of primary amides is 1. The summed E-state index contributed by atoms with van der Waals surface area (Å²) < 4.78 is 0. The Morgan fingerprint density at radius 2 is 2.25 bits per heavy atom. The molecule has 1 aromatic heterocycles. The van der Waals surface area contributed by atoms with Crippen LogP contribution in [0.2, 0.25) is 5.02 Å². The summed E-state index contributed by atoms with van der Waals surface area (Å²) in [5, 5.41) is 4.79. The molecule has 0 radical (unpaired) electrons. The number of thioether (sulfide) groups is 1. The van der Waals surface area contributed by atoms with Gasteiger partial charge in [-0.3, -0.25) is 4.79 Å². The molecule has 0 aliphatic carbocycles. The Morgan fingerprint density at radius 1 is 1.50 bits per heavy atom. The van der Waals surface area contributed by atoms with Crippen LogP contribution in [0.5, 0.6) is 0 Å². The van der Waals surface area contributed by atoms with Crippen LogP contribution in [-0.2, 0) is 4.79 Å². The number of nitrogens with zero attached hydrogens (tertiary/aromatic N) is 1. The Balaban J connectivity index is 2.27. The smallest absolute Gasteiger partial charge is 0.237 e. The van der Waals surface area contributed by atoms with Crippen molar-refractivity contribution < 1.29 is 4.79 Å². The Bertz CT molecular complexity index is 427. The maximum absolute atomic E-state index is 11.5. The van der Waals surface area contributed by atoms with E-state index in [9.17, 15) is 4.79 Å². The molecule has 1 unspecified atom stereocenters. The zero-order valence-electron chi connectivity index (χ0n) is 12.0. The van der Waals surface area contributed by atoms with E-state index in [1.54, 1.807) is 18.0 Å². The number of carbonyl (C=O) groups is 1. The number of hydrogen-bond acceptors (Lipinski definition) is 4. The standard InChI is InChI=1S/C14H22ClN3OS/c1-3-18-14(2,13(16)19)8-4-5-9-20-12-7-6-11(15)10-17-12/h6-7,10,18H,3-5,8-9H2,1-2H3,(H2,16,19). The van der Waals surface area contributed by atoms with Gasteiger partial charge >= 0.3 is 0 Å². The summed E-state index contributed by atoms with van der Waals surface area (Å²) in [5.41, 5.74) is 4.85. The third kappa shape index (κ3) is 5.69. The van der Waals surface area contributed by atoms with E-state index in [0.717, 1.165) is 36.6 Å². The maximum Gasteiger partial charge on any atom is 0.237 e. The molecule has 1 rings (SSSR count). The number of hydrogen-bond donors (Lipinski definition) is 2. The Morgan fingerprint density at radius 3 is 2.80 bits per heavy atom. The summed E-state index contributed by atoms with van der Waals surface area (Å²) in [7, 11) is 0. The number of nitrogens with one attached hydrogen (secondary N) is 1. The fourth-order valence-corrected chi connectivity index (χ4v) is 2.85. The van der Waals surface area contributed by atoms with Crippen LogP contribution < -0.4 is 11.1 Å². The quantitative estimate of drug-likeness (QED) is 0.543. The van der Waals surface area contributed by atoms with Crippen LogP contribution >= 0.6 is 23.4 Å². The summed E-state index contributed by atoms with van der Waals surface area (Å²) >= 11 is 7.48. The minimum absolute atomic E-state index is 0.286. The van der Waals surface area contributed by atoms with Gasteiger partial charge in [0.05, 0.1) is 15.6 Å². The number of nitrogens with two attached hydrogens (primary N) is 1. The molecule has 0 saturated heterocycles. The molecule has 0 fully saturated rings. The molecule has 3 N–H and O–H groups in total. The van der Waals surface area contributed by atoms with E-state index < -0.39 is 5.54 Å². The van der Waals surface area contributed by atoms with Crippen molar-refractivity contribution in [2.24, 2.45) is 5.73 Å². The zero-order valence-corrected chi connectivity index (χ0v) is 13.6. The van der Waals surface area contributed by atoms with Crippen LogP contribution in [0.1, 0.15) is 33.1 Å². The highest BCUT2D eigenvalue weighted by Gasteiger charge is 2.28. The number of halogens is 1. The van der Waals surface area contributed by atoms with E-state index in [4.69, 9.17) is 17.3 Å². The first-order valence-corrected chi connectivity index (χ1v) is 8.13. The third-order valence-electron chi connectivity index (χ3n) is 3.13. The summed E-state index contributed by atoms with van der Waals surface area (Å²) in [6.45, 7) is 4.58. The van der Waals surface area contributed by atoms with Crippen molar-refractivity contribution in [2.75, 3.05) is 12.3 Å². The molecule has 0 spiro atoms. The van der Waals surface area contributed by atoms with Gasteiger partial charge in [0.2, 0.25) is 5.91 Å². The molecule has 0 saturated carbocycles. The maximum atomic E-state index is 11.5. The predicted molar refractivity (Wildman–Crippen MR) is 85.1 cm³/mol. The first-order chi connectivity index (χ1) is 9.48. The van der Waals surface area contributed by atoms with E-state index in [-0.39, 0.29) is 5.91 Å². The van der Waals surface area contributed by atoms with E-state index in [0.29, 0.717) is 5.02 Å². The third-order valence-corrected chi connectivity index (χ3v) is 4.39. The fourth-order valence-electron chi connectivity index (χ4n) is 1.89. The van der Waals surface area contributed by atoms with E-state index in [2.05, 4.69) is 10.3 Å². The van der Waals surface area contributed by atoms with Crippen molar-refractivity contribution in [3.63, 3.8) is 0 Å². The van der Waals surface area contributed by atoms with Gasteiger partial charge in [0.15, 0.2) is 0 Å². The first kappa shape index (κ1) is 17.3. The highest BCUT2D eigenvalue weighted by Crippen LogP contribution is 2.20. The van der Waals surface area contributed by atoms with Gasteiger partial charge in [-0.15, -0.1) is 11.8 Å². The van der Waals surface area contributed by atoms with Crippen LogP contribution in [0.4, 0.5) is 0 Å². The van der Waals surface area contributed by atoms with Crippen LogP contribution in [0, 0.1) is 0 Å². The minimum atomic E-state index is -0.599. The molecule has 1 amide bonds. The molecular weight excluding hydrogens is 294 g/mol. The van der Waals surface area contributed by atoms with E-state index in [1.807, 2.05) is 26.0 Å². The highest BCUT2D eigenvalue weighted by molar-refractivity contribution is 7.99. The fraction of sp³-hybridized carbons (Fsp3) is 0.571. The number of pyridine rings is 1. The molecular formula is C14H22ClN3OS. The number of carbonyl (C=O) groups excluding carboxylic acids is 1. The lowest BCUT2D eigenvalue weighted by molar-refractivity contribution is -0.124. The van der Waals surface area contributed by atoms with Crippen molar-refractivity contribution in [2.45, 2.75) is 43.7 Å². The molecule has 1 atom stereocenters. The number of unbranched alkanes of at least 4 members (excludes halogenated alkanes) is 1. The molecule has 4 nitrogen and oxygen atoms in total. The van der Waals surface area contributed by atoms with Crippen molar-refractivity contribution in [1.82, 2.24) is 10.3 Å². The lowest BCUT2D eigenvalue weighted by atomic mass is 9.94. The van der Waals surface area contributed by atoms with Gasteiger partial charge < -0.3 is 11.1 Å². The largest absolute Gasteiger partial charge is 0.368 e. The van der Waals surface area contributed by atoms with Crippen molar-refractivity contribution in [3.05, 3.63) is 23.4 Å². The molecule has 112 valence electrons. The van der Waals surface area contributed by atoms with Crippen molar-refractivity contribution in [3.8, 4) is 0 Å². The molecule has 20 heavy (non-hydrogen) atoms. The topological polar surface area (TPSA) is 68.0 Å². The molecule has 0 aliphatic heterocycles. The molecule has 1 heterocycles. The van der Waals surface area contributed by atoms with Gasteiger partial charge in [-0.25, -0.2) is 4.98 Å². The van der Waals surface area contributed by atoms with Gasteiger partial charge in [0, 0.05) is 6.20 Å². The lowest BCUT2D eigenvalue weighted by Gasteiger charge is -2.26. The number of rotatable bonds is 9. The Hall–Kier alpha value is -0.780. The lowest BCUT2D eigenvalue weighted by Crippen LogP contribution is -2.52. The van der Waals surface area contributed by atoms with E-state index in [1.165, 1.54) is 0 Å². The number of aromatic nitrogens is 1. The molecule has 6 heteroatoms. The van der Waals surface area contributed by atoms with Crippen molar-refractivity contribution >= 4 is 29.3 Å². The van der Waals surface area contributed by atoms with Gasteiger partial charge in [-0.2, -0.15) is 0 Å². The normalized spacial score (nSPS) is 13.9. The van der Waals surface area contributed by atoms with Crippen LogP contribution in [0.3, 0.4) is 0 Å². The van der Waals surface area contributed by atoms with Crippen LogP contribution in [0.15, 0.2) is 23.4 Å². The number of amides is 1. The van der Waals surface area contributed by atoms with Gasteiger partial charge in [-0.1, -0.05) is 24.9 Å². The summed E-state index contributed by atoms with van der Waals surface area (Å²) in [4.78, 5) is 15.7. The SMILES string of the molecule is CCNC(C)(CCCCSc1ccc(Cl)cn1)C(N)=O. The predicted octanol–water partition coefficient (Wildman–Crippen LogP) is 2.85. The van der Waals surface area contributed by atoms with E-state index >= 15 is 0 Å². The van der Waals surface area contributed by atoms with Gasteiger partial charge in [0.1, 0.15) is 0 Å². The Labute approximate surface area is 129 Å². The van der Waals surface area contributed by atoms with Gasteiger partial charge in [0.25, 0.3) is 0 Å². The van der Waals surface area contributed by atoms with Crippen LogP contribution in [0.25, 0.3) is 0 Å². The van der Waals surface area contributed by atoms with Crippen LogP contribution in [-0.4, -0.2) is 28.7 Å². The molecule has 0 aromatic carbocycles. The summed E-state index contributed by atoms with van der Waals surface area (Å²) in [6, 6.07) is 3.76. The molecule has 1 aromatic rings. The second-order valence-electron chi connectivity index (χ2n) is 4.85. The van der Waals surface area contributed by atoms with Gasteiger partial charge in [-0.05, 0) is 44.2 Å². The highest BCUT2D eigenvalue weighted by atomic mass is 35.5. The average molecular weight is 316 g/mol. The summed E-state index contributed by atoms with van der Waals surface area (Å²) in [5.74, 6) is 0.682.